The van der Waals surface area contributed by atoms with Crippen molar-refractivity contribution in [1.82, 2.24) is 9.88 Å². The van der Waals surface area contributed by atoms with E-state index in [1.54, 1.807) is 12.3 Å². The first kappa shape index (κ1) is 14.5. The van der Waals surface area contributed by atoms with Crippen molar-refractivity contribution < 1.29 is 14.7 Å². The number of hydrogen-bond acceptors (Lipinski definition) is 3. The number of carbonyl (C=O) groups excluding carboxylic acids is 1. The van der Waals surface area contributed by atoms with Crippen LogP contribution in [0.25, 0.3) is 0 Å². The highest BCUT2D eigenvalue weighted by molar-refractivity contribution is 5.96. The van der Waals surface area contributed by atoms with Gasteiger partial charge in [0.1, 0.15) is 11.7 Å². The molecule has 2 atom stereocenters. The van der Waals surface area contributed by atoms with Crippen molar-refractivity contribution in [1.29, 1.82) is 0 Å². The molecule has 2 heterocycles. The number of aliphatic carboxylic acids is 1. The van der Waals surface area contributed by atoms with Crippen molar-refractivity contribution in [2.45, 2.75) is 39.2 Å². The molecule has 108 valence electrons. The maximum Gasteiger partial charge on any atom is 0.326 e. The molecular weight excluding hydrogens is 256 g/mol. The fourth-order valence-corrected chi connectivity index (χ4v) is 2.73. The van der Waals surface area contributed by atoms with Crippen molar-refractivity contribution in [3.63, 3.8) is 0 Å². The lowest BCUT2D eigenvalue weighted by Crippen LogP contribution is -2.50. The minimum atomic E-state index is -0.926. The van der Waals surface area contributed by atoms with Crippen LogP contribution in [0.5, 0.6) is 0 Å². The van der Waals surface area contributed by atoms with E-state index < -0.39 is 12.0 Å². The van der Waals surface area contributed by atoms with Crippen LogP contribution >= 0.6 is 0 Å². The Bertz CT molecular complexity index is 516. The second-order valence-electron chi connectivity index (χ2n) is 5.32. The Kier molecular flexibility index (Phi) is 4.37. The summed E-state index contributed by atoms with van der Waals surface area (Å²) in [6, 6.07) is 2.85. The molecule has 5 nitrogen and oxygen atoms in total. The third kappa shape index (κ3) is 2.81. The summed E-state index contributed by atoms with van der Waals surface area (Å²) in [5, 5.41) is 9.37. The van der Waals surface area contributed by atoms with Crippen molar-refractivity contribution in [3.8, 4) is 0 Å². The molecular formula is C15H20N2O3. The first-order valence-corrected chi connectivity index (χ1v) is 7.00. The normalized spacial score (nSPS) is 22.6. The molecule has 0 aliphatic carbocycles. The van der Waals surface area contributed by atoms with Crippen LogP contribution in [0.1, 0.15) is 42.2 Å². The van der Waals surface area contributed by atoms with Gasteiger partial charge in [0.2, 0.25) is 0 Å². The minimum Gasteiger partial charge on any atom is -0.480 e. The van der Waals surface area contributed by atoms with Crippen LogP contribution in [0.15, 0.2) is 18.3 Å². The average molecular weight is 276 g/mol. The van der Waals surface area contributed by atoms with Crippen LogP contribution in [0.2, 0.25) is 0 Å². The topological polar surface area (TPSA) is 70.5 Å². The number of amides is 1. The predicted octanol–water partition coefficient (Wildman–Crippen LogP) is 2.11. The number of likely N-dealkylation sites (tertiary alicyclic amines) is 1. The number of carboxylic acid groups (broad SMARTS) is 1. The molecule has 5 heteroatoms. The van der Waals surface area contributed by atoms with Crippen LogP contribution in [-0.2, 0) is 4.79 Å². The summed E-state index contributed by atoms with van der Waals surface area (Å²) in [4.78, 5) is 29.5. The monoisotopic (exact) mass is 276 g/mol. The van der Waals surface area contributed by atoms with Gasteiger partial charge >= 0.3 is 5.97 Å². The quantitative estimate of drug-likeness (QED) is 0.917. The van der Waals surface area contributed by atoms with Gasteiger partial charge in [-0.15, -0.1) is 0 Å². The lowest BCUT2D eigenvalue weighted by Gasteiger charge is -2.36. The predicted molar refractivity (Wildman–Crippen MR) is 74.4 cm³/mol. The van der Waals surface area contributed by atoms with Gasteiger partial charge in [-0.2, -0.15) is 0 Å². The van der Waals surface area contributed by atoms with E-state index in [0.717, 1.165) is 18.4 Å². The number of aromatic nitrogens is 1. The van der Waals surface area contributed by atoms with Gasteiger partial charge < -0.3 is 10.0 Å². The summed E-state index contributed by atoms with van der Waals surface area (Å²) in [7, 11) is 0. The number of carboxylic acids is 1. The molecule has 1 aromatic heterocycles. The Hall–Kier alpha value is -1.91. The first-order chi connectivity index (χ1) is 9.54. The molecule has 0 aromatic carbocycles. The highest BCUT2D eigenvalue weighted by atomic mass is 16.4. The molecule has 0 spiro atoms. The standard InChI is InChI=1S/C15H20N2O3/c1-3-11-6-8-17(12(9-11)15(19)20)14(18)13-10(2)5-4-7-16-13/h4-5,7,11-12H,3,6,8-9H2,1-2H3,(H,19,20). The number of hydrogen-bond donors (Lipinski definition) is 1. The Morgan fingerprint density at radius 2 is 2.25 bits per heavy atom. The number of carbonyl (C=O) groups is 2. The van der Waals surface area contributed by atoms with Gasteiger partial charge in [0.05, 0.1) is 0 Å². The van der Waals surface area contributed by atoms with Crippen LogP contribution < -0.4 is 0 Å². The number of piperidine rings is 1. The van der Waals surface area contributed by atoms with E-state index in [-0.39, 0.29) is 5.91 Å². The Labute approximate surface area is 118 Å². The SMILES string of the molecule is CCC1CCN(C(=O)c2ncccc2C)C(C(=O)O)C1. The van der Waals surface area contributed by atoms with Crippen LogP contribution in [0.4, 0.5) is 0 Å². The highest BCUT2D eigenvalue weighted by Crippen LogP contribution is 2.27. The molecule has 0 radical (unpaired) electrons. The van der Waals surface area contributed by atoms with Gasteiger partial charge in [-0.05, 0) is 37.3 Å². The van der Waals surface area contributed by atoms with Gasteiger partial charge in [0.15, 0.2) is 0 Å². The summed E-state index contributed by atoms with van der Waals surface area (Å²) >= 11 is 0. The van der Waals surface area contributed by atoms with Gasteiger partial charge in [0.25, 0.3) is 5.91 Å². The molecule has 2 unspecified atom stereocenters. The summed E-state index contributed by atoms with van der Waals surface area (Å²) < 4.78 is 0. The summed E-state index contributed by atoms with van der Waals surface area (Å²) in [6.07, 6.45) is 3.91. The van der Waals surface area contributed by atoms with E-state index in [1.807, 2.05) is 13.0 Å². The smallest absolute Gasteiger partial charge is 0.326 e. The van der Waals surface area contributed by atoms with Crippen LogP contribution in [0, 0.1) is 12.8 Å². The zero-order valence-corrected chi connectivity index (χ0v) is 11.9. The summed E-state index contributed by atoms with van der Waals surface area (Å²) in [5.41, 5.74) is 1.13. The first-order valence-electron chi connectivity index (χ1n) is 7.00. The van der Waals surface area contributed by atoms with Crippen LogP contribution in [-0.4, -0.2) is 39.5 Å². The maximum atomic E-state index is 12.5. The molecule has 1 aliphatic heterocycles. The summed E-state index contributed by atoms with van der Waals surface area (Å²) in [5.74, 6) is -0.819. The van der Waals surface area contributed by atoms with E-state index in [1.165, 1.54) is 4.90 Å². The molecule has 2 rings (SSSR count). The van der Waals surface area contributed by atoms with Crippen molar-refractivity contribution >= 4 is 11.9 Å². The molecule has 20 heavy (non-hydrogen) atoms. The zero-order chi connectivity index (χ0) is 14.7. The second kappa shape index (κ2) is 6.03. The average Bonchev–Trinajstić information content (AvgIpc) is 2.46. The van der Waals surface area contributed by atoms with Gasteiger partial charge in [-0.1, -0.05) is 19.4 Å². The Morgan fingerprint density at radius 3 is 2.85 bits per heavy atom. The Balaban J connectivity index is 2.24. The molecule has 0 bridgehead atoms. The molecule has 1 amide bonds. The number of aryl methyl sites for hydroxylation is 1. The lowest BCUT2D eigenvalue weighted by molar-refractivity contribution is -0.144. The maximum absolute atomic E-state index is 12.5. The Morgan fingerprint density at radius 1 is 1.50 bits per heavy atom. The number of nitrogens with zero attached hydrogens (tertiary/aromatic N) is 2. The third-order valence-electron chi connectivity index (χ3n) is 4.05. The van der Waals surface area contributed by atoms with E-state index in [4.69, 9.17) is 0 Å². The highest BCUT2D eigenvalue weighted by Gasteiger charge is 2.36. The van der Waals surface area contributed by atoms with E-state index in [9.17, 15) is 14.7 Å². The van der Waals surface area contributed by atoms with Crippen molar-refractivity contribution in [2.75, 3.05) is 6.54 Å². The van der Waals surface area contributed by atoms with Crippen molar-refractivity contribution in [3.05, 3.63) is 29.6 Å². The third-order valence-corrected chi connectivity index (χ3v) is 4.05. The van der Waals surface area contributed by atoms with E-state index in [0.29, 0.717) is 24.6 Å². The molecule has 1 aliphatic rings. The summed E-state index contributed by atoms with van der Waals surface area (Å²) in [6.45, 7) is 4.36. The molecule has 1 saturated heterocycles. The fraction of sp³-hybridized carbons (Fsp3) is 0.533. The van der Waals surface area contributed by atoms with E-state index >= 15 is 0 Å². The molecule has 0 saturated carbocycles. The molecule has 1 aromatic rings. The lowest BCUT2D eigenvalue weighted by atomic mass is 9.88. The van der Waals surface area contributed by atoms with E-state index in [2.05, 4.69) is 11.9 Å². The fourth-order valence-electron chi connectivity index (χ4n) is 2.73. The molecule has 1 N–H and O–H groups in total. The number of pyridine rings is 1. The minimum absolute atomic E-state index is 0.273. The zero-order valence-electron chi connectivity index (χ0n) is 11.9. The number of rotatable bonds is 3. The van der Waals surface area contributed by atoms with Crippen molar-refractivity contribution in [2.24, 2.45) is 5.92 Å². The van der Waals surface area contributed by atoms with Crippen LogP contribution in [0.3, 0.4) is 0 Å². The molecule has 1 fully saturated rings. The largest absolute Gasteiger partial charge is 0.480 e. The van der Waals surface area contributed by atoms with Gasteiger partial charge in [-0.3, -0.25) is 9.78 Å². The van der Waals surface area contributed by atoms with Gasteiger partial charge in [0, 0.05) is 12.7 Å². The van der Waals surface area contributed by atoms with Gasteiger partial charge in [-0.25, -0.2) is 4.79 Å². The second-order valence-corrected chi connectivity index (χ2v) is 5.32.